The van der Waals surface area contributed by atoms with E-state index < -0.39 is 12.0 Å². The standard InChI is InChI=1S/C28H31NO4S.Li.H/c1-19-8-10-21(11-9-19)17-33-18-22-12-13-24(25(16-22)23-7-5-4-6-20(23)2)27(30)29-26(28(31)32)14-15-34-3;;/h4-13,16,26H,14-15,17-18H2,1-3H3,(H,29,30)(H,31,32);;/t26-;;/m0../s1. The van der Waals surface area contributed by atoms with Crippen LogP contribution in [-0.2, 0) is 22.7 Å². The van der Waals surface area contributed by atoms with Gasteiger partial charge in [-0.15, -0.1) is 0 Å². The summed E-state index contributed by atoms with van der Waals surface area (Å²) in [6.45, 7) is 4.95. The second kappa shape index (κ2) is 14.2. The maximum absolute atomic E-state index is 13.2. The van der Waals surface area contributed by atoms with Crippen LogP contribution in [-0.4, -0.2) is 53.9 Å². The number of carboxylic acids is 1. The van der Waals surface area contributed by atoms with Gasteiger partial charge < -0.3 is 15.2 Å². The Labute approximate surface area is 223 Å². The van der Waals surface area contributed by atoms with E-state index in [0.717, 1.165) is 27.8 Å². The van der Waals surface area contributed by atoms with Gasteiger partial charge in [0.2, 0.25) is 0 Å². The first-order valence-electron chi connectivity index (χ1n) is 11.2. The average Bonchev–Trinajstić information content (AvgIpc) is 2.83. The molecule has 0 heterocycles. The van der Waals surface area contributed by atoms with Crippen molar-refractivity contribution in [1.82, 2.24) is 5.32 Å². The van der Waals surface area contributed by atoms with Crippen molar-refractivity contribution in [3.8, 4) is 11.1 Å². The predicted molar refractivity (Wildman–Crippen MR) is 145 cm³/mol. The summed E-state index contributed by atoms with van der Waals surface area (Å²) in [6, 6.07) is 20.7. The van der Waals surface area contributed by atoms with Crippen molar-refractivity contribution in [3.63, 3.8) is 0 Å². The normalized spacial score (nSPS) is 11.4. The number of aliphatic carboxylic acids is 1. The zero-order valence-corrected chi connectivity index (χ0v) is 20.7. The molecule has 0 saturated heterocycles. The fraction of sp³-hybridized carbons (Fsp3) is 0.286. The van der Waals surface area contributed by atoms with Gasteiger partial charge in [-0.25, -0.2) is 4.79 Å². The molecule has 1 atom stereocenters. The van der Waals surface area contributed by atoms with Crippen molar-refractivity contribution in [2.45, 2.75) is 39.5 Å². The summed E-state index contributed by atoms with van der Waals surface area (Å²) in [7, 11) is 0. The third-order valence-electron chi connectivity index (χ3n) is 5.64. The Kier molecular flexibility index (Phi) is 11.6. The molecular weight excluding hydrogens is 453 g/mol. The Bertz CT molecular complexity index is 1130. The molecule has 0 aliphatic heterocycles. The summed E-state index contributed by atoms with van der Waals surface area (Å²) in [4.78, 5) is 24.8. The van der Waals surface area contributed by atoms with Gasteiger partial charge in [-0.1, -0.05) is 60.2 Å². The first-order valence-corrected chi connectivity index (χ1v) is 12.6. The van der Waals surface area contributed by atoms with Crippen molar-refractivity contribution >= 4 is 42.5 Å². The number of ether oxygens (including phenoxy) is 1. The molecule has 35 heavy (non-hydrogen) atoms. The molecule has 0 aromatic heterocycles. The van der Waals surface area contributed by atoms with Crippen LogP contribution >= 0.6 is 11.8 Å². The number of aryl methyl sites for hydroxylation is 2. The van der Waals surface area contributed by atoms with E-state index in [9.17, 15) is 14.7 Å². The Morgan fingerprint density at radius 1 is 0.943 bits per heavy atom. The molecule has 0 radical (unpaired) electrons. The number of carbonyl (C=O) groups excluding carboxylic acids is 1. The second-order valence-electron chi connectivity index (χ2n) is 8.32. The molecule has 5 nitrogen and oxygen atoms in total. The molecule has 3 aromatic rings. The molecule has 0 aliphatic carbocycles. The third kappa shape index (κ3) is 8.30. The molecule has 0 unspecified atom stereocenters. The van der Waals surface area contributed by atoms with E-state index >= 15 is 0 Å². The Morgan fingerprint density at radius 2 is 1.60 bits per heavy atom. The summed E-state index contributed by atoms with van der Waals surface area (Å²) in [6.07, 6.45) is 2.28. The van der Waals surface area contributed by atoms with Gasteiger partial charge in [0.25, 0.3) is 5.91 Å². The molecule has 180 valence electrons. The van der Waals surface area contributed by atoms with E-state index in [1.54, 1.807) is 17.8 Å². The van der Waals surface area contributed by atoms with Crippen LogP contribution in [0, 0.1) is 13.8 Å². The predicted octanol–water partition coefficient (Wildman–Crippen LogP) is 4.97. The van der Waals surface area contributed by atoms with Crippen LogP contribution in [0.2, 0.25) is 0 Å². The molecule has 0 bridgehead atoms. The minimum absolute atomic E-state index is 0. The van der Waals surface area contributed by atoms with Gasteiger partial charge in [0.05, 0.1) is 13.2 Å². The number of benzene rings is 3. The van der Waals surface area contributed by atoms with Crippen LogP contribution in [0.4, 0.5) is 0 Å². The van der Waals surface area contributed by atoms with E-state index in [0.29, 0.717) is 31.0 Å². The molecule has 0 spiro atoms. The van der Waals surface area contributed by atoms with Crippen molar-refractivity contribution in [2.24, 2.45) is 0 Å². The Balaban J connectivity index is 0.00000432. The Hall–Kier alpha value is -2.49. The van der Waals surface area contributed by atoms with Gasteiger partial charge in [0.1, 0.15) is 6.04 Å². The number of nitrogens with one attached hydrogen (secondary N) is 1. The number of rotatable bonds is 11. The monoisotopic (exact) mass is 485 g/mol. The molecule has 1 amide bonds. The van der Waals surface area contributed by atoms with Gasteiger partial charge in [0, 0.05) is 5.56 Å². The van der Waals surface area contributed by atoms with Crippen LogP contribution in [0.25, 0.3) is 11.1 Å². The van der Waals surface area contributed by atoms with Gasteiger partial charge in [0.15, 0.2) is 0 Å². The molecule has 3 rings (SSSR count). The van der Waals surface area contributed by atoms with Crippen LogP contribution in [0.3, 0.4) is 0 Å². The first-order chi connectivity index (χ1) is 16.4. The molecule has 0 fully saturated rings. The second-order valence-corrected chi connectivity index (χ2v) is 9.30. The van der Waals surface area contributed by atoms with Crippen molar-refractivity contribution < 1.29 is 19.4 Å². The number of thioether (sulfide) groups is 1. The van der Waals surface area contributed by atoms with Crippen molar-refractivity contribution in [1.29, 1.82) is 0 Å². The number of carboxylic acid groups (broad SMARTS) is 1. The third-order valence-corrected chi connectivity index (χ3v) is 6.28. The van der Waals surface area contributed by atoms with E-state index in [4.69, 9.17) is 4.74 Å². The topological polar surface area (TPSA) is 75.6 Å². The molecule has 0 aliphatic rings. The zero-order valence-electron chi connectivity index (χ0n) is 19.8. The number of hydrogen-bond donors (Lipinski definition) is 2. The summed E-state index contributed by atoms with van der Waals surface area (Å²) in [5.41, 5.74) is 6.44. The zero-order chi connectivity index (χ0) is 24.5. The van der Waals surface area contributed by atoms with Crippen LogP contribution < -0.4 is 5.32 Å². The molecule has 7 heteroatoms. The van der Waals surface area contributed by atoms with Gasteiger partial charge >= 0.3 is 24.8 Å². The number of hydrogen-bond acceptors (Lipinski definition) is 4. The molecule has 2 N–H and O–H groups in total. The van der Waals surface area contributed by atoms with E-state index in [1.165, 1.54) is 5.56 Å². The van der Waals surface area contributed by atoms with E-state index in [2.05, 4.69) is 36.5 Å². The SMILES string of the molecule is CSCC[C@H](NC(=O)c1ccc(COCc2ccc(C)cc2)cc1-c1ccccc1C)C(=O)O.[LiH]. The van der Waals surface area contributed by atoms with Crippen LogP contribution in [0.1, 0.15) is 39.0 Å². The van der Waals surface area contributed by atoms with E-state index in [-0.39, 0.29) is 24.8 Å². The quantitative estimate of drug-likeness (QED) is 0.375. The summed E-state index contributed by atoms with van der Waals surface area (Å²) >= 11 is 1.55. The number of amides is 1. The Morgan fingerprint density at radius 3 is 2.26 bits per heavy atom. The summed E-state index contributed by atoms with van der Waals surface area (Å²) in [5.74, 6) is -0.765. The maximum atomic E-state index is 13.2. The van der Waals surface area contributed by atoms with Gasteiger partial charge in [-0.3, -0.25) is 4.79 Å². The first kappa shape index (κ1) is 28.7. The number of carbonyl (C=O) groups is 2. The molecular formula is C28H32LiNO4S. The fourth-order valence-corrected chi connectivity index (χ4v) is 4.15. The average molecular weight is 486 g/mol. The van der Waals surface area contributed by atoms with Gasteiger partial charge in [-0.2, -0.15) is 11.8 Å². The molecule has 3 aromatic carbocycles. The fourth-order valence-electron chi connectivity index (χ4n) is 3.68. The van der Waals surface area contributed by atoms with E-state index in [1.807, 2.05) is 49.6 Å². The van der Waals surface area contributed by atoms with Crippen molar-refractivity contribution in [3.05, 3.63) is 94.5 Å². The summed E-state index contributed by atoms with van der Waals surface area (Å²) in [5, 5.41) is 12.2. The van der Waals surface area contributed by atoms with Gasteiger partial charge in [-0.05, 0) is 72.2 Å². The molecule has 0 saturated carbocycles. The van der Waals surface area contributed by atoms with Crippen LogP contribution in [0.5, 0.6) is 0 Å². The van der Waals surface area contributed by atoms with Crippen molar-refractivity contribution in [2.75, 3.05) is 12.0 Å². The minimum atomic E-state index is -1.03. The summed E-state index contributed by atoms with van der Waals surface area (Å²) < 4.78 is 5.93. The van der Waals surface area contributed by atoms with Crippen LogP contribution in [0.15, 0.2) is 66.7 Å².